The first-order valence-electron chi connectivity index (χ1n) is 4.89. The van der Waals surface area contributed by atoms with Crippen molar-refractivity contribution in [3.63, 3.8) is 0 Å². The highest BCUT2D eigenvalue weighted by Gasteiger charge is 2.10. The van der Waals surface area contributed by atoms with E-state index in [0.717, 1.165) is 6.07 Å². The Hall–Kier alpha value is -2.21. The van der Waals surface area contributed by atoms with Crippen molar-refractivity contribution in [2.45, 2.75) is 0 Å². The predicted molar refractivity (Wildman–Crippen MR) is 66.5 cm³/mol. The molecule has 0 saturated heterocycles. The number of aldehydes is 1. The zero-order valence-corrected chi connectivity index (χ0v) is 9.78. The minimum atomic E-state index is -0.559. The molecule has 5 nitrogen and oxygen atoms in total. The van der Waals surface area contributed by atoms with Crippen LogP contribution in [-0.4, -0.2) is 16.3 Å². The van der Waals surface area contributed by atoms with Crippen LogP contribution in [0.2, 0.25) is 5.02 Å². The Balaban J connectivity index is 2.40. The van der Waals surface area contributed by atoms with Crippen LogP contribution in [0.3, 0.4) is 0 Å². The van der Waals surface area contributed by atoms with Gasteiger partial charge in [0, 0.05) is 5.02 Å². The Morgan fingerprint density at radius 2 is 2.17 bits per heavy atom. The van der Waals surface area contributed by atoms with E-state index in [1.165, 1.54) is 18.5 Å². The molecule has 0 radical (unpaired) electrons. The molecular formula is C11H8ClFN4O. The van der Waals surface area contributed by atoms with Gasteiger partial charge in [-0.1, -0.05) is 11.6 Å². The molecule has 18 heavy (non-hydrogen) atoms. The highest BCUT2D eigenvalue weighted by Crippen LogP contribution is 2.24. The molecule has 0 spiro atoms. The molecule has 92 valence electrons. The Labute approximate surface area is 107 Å². The number of nitrogens with zero attached hydrogens (tertiary/aromatic N) is 2. The summed E-state index contributed by atoms with van der Waals surface area (Å²) in [6, 6.07) is 4.09. The largest absolute Gasteiger partial charge is 0.383 e. The molecule has 1 heterocycles. The molecule has 0 atom stereocenters. The van der Waals surface area contributed by atoms with Gasteiger partial charge in [0.15, 0.2) is 6.29 Å². The lowest BCUT2D eigenvalue weighted by Crippen LogP contribution is -2.05. The smallest absolute Gasteiger partial charge is 0.157 e. The maximum absolute atomic E-state index is 13.6. The third-order valence-corrected chi connectivity index (χ3v) is 2.45. The monoisotopic (exact) mass is 266 g/mol. The van der Waals surface area contributed by atoms with Gasteiger partial charge in [-0.05, 0) is 18.2 Å². The van der Waals surface area contributed by atoms with Gasteiger partial charge in [0.1, 0.15) is 23.8 Å². The van der Waals surface area contributed by atoms with Crippen molar-refractivity contribution in [2.75, 3.05) is 11.1 Å². The summed E-state index contributed by atoms with van der Waals surface area (Å²) >= 11 is 5.63. The first-order chi connectivity index (χ1) is 8.61. The molecule has 1 aromatic heterocycles. The highest BCUT2D eigenvalue weighted by molar-refractivity contribution is 6.30. The molecule has 0 fully saturated rings. The van der Waals surface area contributed by atoms with Gasteiger partial charge in [-0.25, -0.2) is 14.4 Å². The topological polar surface area (TPSA) is 80.9 Å². The van der Waals surface area contributed by atoms with Crippen molar-refractivity contribution in [3.05, 3.63) is 40.9 Å². The maximum atomic E-state index is 13.6. The number of halogens is 2. The summed E-state index contributed by atoms with van der Waals surface area (Å²) in [5, 5.41) is 2.94. The number of nitrogens with one attached hydrogen (secondary N) is 1. The van der Waals surface area contributed by atoms with E-state index in [9.17, 15) is 9.18 Å². The number of anilines is 3. The Morgan fingerprint density at radius 1 is 1.39 bits per heavy atom. The van der Waals surface area contributed by atoms with Crippen molar-refractivity contribution in [1.82, 2.24) is 9.97 Å². The van der Waals surface area contributed by atoms with E-state index in [-0.39, 0.29) is 27.9 Å². The van der Waals surface area contributed by atoms with Crippen LogP contribution in [0.25, 0.3) is 0 Å². The summed E-state index contributed by atoms with van der Waals surface area (Å²) in [7, 11) is 0. The number of carbonyl (C=O) groups is 1. The van der Waals surface area contributed by atoms with Crippen LogP contribution >= 0.6 is 11.6 Å². The number of hydrogen-bond acceptors (Lipinski definition) is 5. The van der Waals surface area contributed by atoms with E-state index >= 15 is 0 Å². The fourth-order valence-electron chi connectivity index (χ4n) is 1.34. The molecule has 2 aromatic rings. The lowest BCUT2D eigenvalue weighted by molar-refractivity contribution is 0.112. The molecule has 0 saturated carbocycles. The summed E-state index contributed by atoms with van der Waals surface area (Å²) in [5.41, 5.74) is 5.73. The zero-order valence-electron chi connectivity index (χ0n) is 9.02. The number of rotatable bonds is 3. The molecule has 0 aliphatic carbocycles. The molecule has 0 aliphatic heterocycles. The first kappa shape index (κ1) is 12.3. The zero-order chi connectivity index (χ0) is 13.1. The van der Waals surface area contributed by atoms with Gasteiger partial charge in [-0.2, -0.15) is 0 Å². The summed E-state index contributed by atoms with van der Waals surface area (Å²) in [6.07, 6.45) is 1.68. The Bertz CT molecular complexity index is 606. The van der Waals surface area contributed by atoms with Crippen molar-refractivity contribution in [2.24, 2.45) is 0 Å². The van der Waals surface area contributed by atoms with Crippen LogP contribution in [0.4, 0.5) is 21.7 Å². The second kappa shape index (κ2) is 4.97. The molecule has 7 heteroatoms. The molecule has 1 aromatic carbocycles. The summed E-state index contributed by atoms with van der Waals surface area (Å²) in [6.45, 7) is 0. The van der Waals surface area contributed by atoms with E-state index in [1.807, 2.05) is 0 Å². The van der Waals surface area contributed by atoms with Gasteiger partial charge in [-0.3, -0.25) is 4.79 Å². The van der Waals surface area contributed by atoms with Crippen molar-refractivity contribution < 1.29 is 9.18 Å². The van der Waals surface area contributed by atoms with Crippen LogP contribution in [0, 0.1) is 5.82 Å². The Morgan fingerprint density at radius 3 is 2.83 bits per heavy atom. The molecule has 0 amide bonds. The fraction of sp³-hybridized carbons (Fsp3) is 0. The number of benzene rings is 1. The SMILES string of the molecule is Nc1ncnc(Nc2ccc(Cl)cc2F)c1C=O. The standard InChI is InChI=1S/C11H8ClFN4O/c12-6-1-2-9(8(13)3-6)17-11-7(4-18)10(14)15-5-16-11/h1-5H,(H3,14,15,16,17). The summed E-state index contributed by atoms with van der Waals surface area (Å²) in [4.78, 5) is 18.4. The molecule has 2 rings (SSSR count). The third-order valence-electron chi connectivity index (χ3n) is 2.22. The van der Waals surface area contributed by atoms with E-state index in [0.29, 0.717) is 6.29 Å². The molecule has 0 bridgehead atoms. The lowest BCUT2D eigenvalue weighted by atomic mass is 10.2. The van der Waals surface area contributed by atoms with Crippen LogP contribution in [-0.2, 0) is 0 Å². The van der Waals surface area contributed by atoms with E-state index in [4.69, 9.17) is 17.3 Å². The fourth-order valence-corrected chi connectivity index (χ4v) is 1.50. The average Bonchev–Trinajstić information content (AvgIpc) is 2.33. The van der Waals surface area contributed by atoms with E-state index in [2.05, 4.69) is 15.3 Å². The Kier molecular flexibility index (Phi) is 3.38. The van der Waals surface area contributed by atoms with Crippen LogP contribution in [0.1, 0.15) is 10.4 Å². The van der Waals surface area contributed by atoms with Crippen LogP contribution < -0.4 is 11.1 Å². The first-order valence-corrected chi connectivity index (χ1v) is 5.27. The summed E-state index contributed by atoms with van der Waals surface area (Å²) < 4.78 is 13.6. The van der Waals surface area contributed by atoms with Gasteiger partial charge < -0.3 is 11.1 Å². The quantitative estimate of drug-likeness (QED) is 0.834. The van der Waals surface area contributed by atoms with Gasteiger partial charge in [0.25, 0.3) is 0 Å². The van der Waals surface area contributed by atoms with Crippen molar-refractivity contribution in [3.8, 4) is 0 Å². The number of carbonyl (C=O) groups excluding carboxylic acids is 1. The normalized spacial score (nSPS) is 10.1. The number of nitrogens with two attached hydrogens (primary N) is 1. The van der Waals surface area contributed by atoms with E-state index in [1.54, 1.807) is 0 Å². The second-order valence-corrected chi connectivity index (χ2v) is 3.82. The maximum Gasteiger partial charge on any atom is 0.157 e. The molecular weight excluding hydrogens is 259 g/mol. The average molecular weight is 267 g/mol. The van der Waals surface area contributed by atoms with E-state index < -0.39 is 5.82 Å². The lowest BCUT2D eigenvalue weighted by Gasteiger charge is -2.09. The minimum absolute atomic E-state index is 0.0249. The van der Waals surface area contributed by atoms with Gasteiger partial charge in [0.2, 0.25) is 0 Å². The highest BCUT2D eigenvalue weighted by atomic mass is 35.5. The number of hydrogen-bond donors (Lipinski definition) is 2. The molecule has 0 unspecified atom stereocenters. The third kappa shape index (κ3) is 2.38. The van der Waals surface area contributed by atoms with Crippen LogP contribution in [0.15, 0.2) is 24.5 Å². The van der Waals surface area contributed by atoms with Crippen molar-refractivity contribution >= 4 is 35.2 Å². The number of aromatic nitrogens is 2. The van der Waals surface area contributed by atoms with Gasteiger partial charge in [0.05, 0.1) is 11.3 Å². The molecule has 0 aliphatic rings. The van der Waals surface area contributed by atoms with Gasteiger partial charge >= 0.3 is 0 Å². The predicted octanol–water partition coefficient (Wildman–Crippen LogP) is 2.41. The number of nitrogen functional groups attached to an aromatic ring is 1. The minimum Gasteiger partial charge on any atom is -0.383 e. The summed E-state index contributed by atoms with van der Waals surface area (Å²) in [5.74, 6) is -0.396. The second-order valence-electron chi connectivity index (χ2n) is 3.39. The van der Waals surface area contributed by atoms with Crippen LogP contribution in [0.5, 0.6) is 0 Å². The van der Waals surface area contributed by atoms with Gasteiger partial charge in [-0.15, -0.1) is 0 Å². The van der Waals surface area contributed by atoms with Crippen molar-refractivity contribution in [1.29, 1.82) is 0 Å². The molecule has 3 N–H and O–H groups in total.